The number of alkyl carbamates (subject to hydrolysis) is 1. The summed E-state index contributed by atoms with van der Waals surface area (Å²) in [6.45, 7) is 7.48. The van der Waals surface area contributed by atoms with Crippen LogP contribution in [0.2, 0.25) is 5.02 Å². The number of hydrogen-bond acceptors (Lipinski definition) is 4. The van der Waals surface area contributed by atoms with Crippen LogP contribution in [0.1, 0.15) is 39.3 Å². The molecule has 148 valence electrons. The molecule has 0 spiro atoms. The minimum atomic E-state index is -0.751. The van der Waals surface area contributed by atoms with Crippen molar-refractivity contribution in [2.75, 3.05) is 13.2 Å². The first-order valence-electron chi connectivity index (χ1n) is 8.78. The van der Waals surface area contributed by atoms with Gasteiger partial charge in [0, 0.05) is 5.02 Å². The van der Waals surface area contributed by atoms with Crippen LogP contribution in [0.4, 0.5) is 4.79 Å². The number of benzene rings is 1. The molecule has 0 saturated heterocycles. The van der Waals surface area contributed by atoms with Gasteiger partial charge in [-0.2, -0.15) is 0 Å². The van der Waals surface area contributed by atoms with Crippen LogP contribution in [-0.2, 0) is 14.3 Å². The fraction of sp³-hybridized carbons (Fsp3) is 0.500. The van der Waals surface area contributed by atoms with E-state index >= 15 is 0 Å². The highest BCUT2D eigenvalue weighted by Gasteiger charge is 2.27. The third kappa shape index (κ3) is 8.33. The molecule has 2 unspecified atom stereocenters. The summed E-state index contributed by atoms with van der Waals surface area (Å²) in [7, 11) is 0. The zero-order valence-corrected chi connectivity index (χ0v) is 16.9. The maximum Gasteiger partial charge on any atom is 0.408 e. The SMILES string of the molecule is C#CCOCC(NC(=O)C(NC(=O)OC(C)C)C(C)C)c1ccc(Cl)cc1. The summed E-state index contributed by atoms with van der Waals surface area (Å²) in [6.07, 6.45) is 4.30. The van der Waals surface area contributed by atoms with Crippen LogP contribution in [-0.4, -0.2) is 37.4 Å². The van der Waals surface area contributed by atoms with Crippen molar-refractivity contribution in [2.24, 2.45) is 5.92 Å². The highest BCUT2D eigenvalue weighted by Crippen LogP contribution is 2.18. The topological polar surface area (TPSA) is 76.7 Å². The number of carbonyl (C=O) groups excluding carboxylic acids is 2. The lowest BCUT2D eigenvalue weighted by Crippen LogP contribution is -2.51. The number of amides is 2. The van der Waals surface area contributed by atoms with Gasteiger partial charge in [-0.15, -0.1) is 6.42 Å². The van der Waals surface area contributed by atoms with E-state index in [0.29, 0.717) is 5.02 Å². The van der Waals surface area contributed by atoms with E-state index in [1.165, 1.54) is 0 Å². The van der Waals surface area contributed by atoms with Crippen molar-refractivity contribution in [2.45, 2.75) is 45.9 Å². The average molecular weight is 395 g/mol. The van der Waals surface area contributed by atoms with E-state index in [-0.39, 0.29) is 31.1 Å². The van der Waals surface area contributed by atoms with Crippen LogP contribution in [0.15, 0.2) is 24.3 Å². The van der Waals surface area contributed by atoms with Gasteiger partial charge in [0.2, 0.25) is 5.91 Å². The normalized spacial score (nSPS) is 13.0. The maximum absolute atomic E-state index is 12.8. The monoisotopic (exact) mass is 394 g/mol. The predicted octanol–water partition coefficient (Wildman–Crippen LogP) is 3.31. The number of carbonyl (C=O) groups is 2. The fourth-order valence-electron chi connectivity index (χ4n) is 2.32. The fourth-order valence-corrected chi connectivity index (χ4v) is 2.45. The summed E-state index contributed by atoms with van der Waals surface area (Å²) in [6, 6.07) is 5.88. The highest BCUT2D eigenvalue weighted by atomic mass is 35.5. The van der Waals surface area contributed by atoms with E-state index in [1.807, 2.05) is 13.8 Å². The van der Waals surface area contributed by atoms with Crippen molar-refractivity contribution < 1.29 is 19.1 Å². The minimum absolute atomic E-state index is 0.131. The van der Waals surface area contributed by atoms with Gasteiger partial charge in [0.1, 0.15) is 12.6 Å². The number of ether oxygens (including phenoxy) is 2. The Morgan fingerprint density at radius 1 is 1.15 bits per heavy atom. The van der Waals surface area contributed by atoms with Crippen LogP contribution in [0.25, 0.3) is 0 Å². The zero-order valence-electron chi connectivity index (χ0n) is 16.1. The highest BCUT2D eigenvalue weighted by molar-refractivity contribution is 6.30. The Balaban J connectivity index is 2.88. The van der Waals surface area contributed by atoms with Crippen molar-refractivity contribution in [1.82, 2.24) is 10.6 Å². The summed E-state index contributed by atoms with van der Waals surface area (Å²) in [5.41, 5.74) is 0.817. The van der Waals surface area contributed by atoms with Crippen LogP contribution >= 0.6 is 11.6 Å². The van der Waals surface area contributed by atoms with Gasteiger partial charge in [-0.25, -0.2) is 4.79 Å². The molecule has 27 heavy (non-hydrogen) atoms. The van der Waals surface area contributed by atoms with Crippen LogP contribution < -0.4 is 10.6 Å². The van der Waals surface area contributed by atoms with Gasteiger partial charge in [-0.1, -0.05) is 43.5 Å². The molecule has 0 radical (unpaired) electrons. The molecule has 0 aliphatic carbocycles. The van der Waals surface area contributed by atoms with Crippen molar-refractivity contribution in [1.29, 1.82) is 0 Å². The van der Waals surface area contributed by atoms with Crippen molar-refractivity contribution in [3.8, 4) is 12.3 Å². The average Bonchev–Trinajstić information content (AvgIpc) is 2.58. The number of rotatable bonds is 9. The van der Waals surface area contributed by atoms with Gasteiger partial charge in [0.25, 0.3) is 0 Å². The van der Waals surface area contributed by atoms with E-state index < -0.39 is 18.2 Å². The molecular formula is C20H27ClN2O4. The lowest BCUT2D eigenvalue weighted by atomic mass is 10.0. The zero-order chi connectivity index (χ0) is 20.4. The Morgan fingerprint density at radius 2 is 1.78 bits per heavy atom. The van der Waals surface area contributed by atoms with Gasteiger partial charge in [0.05, 0.1) is 18.8 Å². The molecule has 2 N–H and O–H groups in total. The Hall–Kier alpha value is -2.23. The Morgan fingerprint density at radius 3 is 2.30 bits per heavy atom. The molecule has 0 aromatic heterocycles. The summed E-state index contributed by atoms with van der Waals surface area (Å²) < 4.78 is 10.5. The van der Waals surface area contributed by atoms with Crippen LogP contribution in [0.3, 0.4) is 0 Å². The van der Waals surface area contributed by atoms with E-state index in [0.717, 1.165) is 5.56 Å². The second-order valence-electron chi connectivity index (χ2n) is 6.65. The molecule has 0 fully saturated rings. The molecule has 1 rings (SSSR count). The molecule has 0 saturated carbocycles. The van der Waals surface area contributed by atoms with Gasteiger partial charge in [-0.3, -0.25) is 4.79 Å². The Kier molecular flexibility index (Phi) is 9.70. The van der Waals surface area contributed by atoms with Gasteiger partial charge >= 0.3 is 6.09 Å². The maximum atomic E-state index is 12.8. The smallest absolute Gasteiger partial charge is 0.408 e. The number of halogens is 1. The first-order valence-corrected chi connectivity index (χ1v) is 9.16. The van der Waals surface area contributed by atoms with E-state index in [2.05, 4.69) is 16.6 Å². The third-order valence-electron chi connectivity index (χ3n) is 3.62. The first-order chi connectivity index (χ1) is 12.7. The quantitative estimate of drug-likeness (QED) is 0.497. The van der Waals surface area contributed by atoms with Crippen LogP contribution in [0.5, 0.6) is 0 Å². The molecule has 2 atom stereocenters. The number of hydrogen-bond donors (Lipinski definition) is 2. The minimum Gasteiger partial charge on any atom is -0.447 e. The third-order valence-corrected chi connectivity index (χ3v) is 3.88. The predicted molar refractivity (Wildman–Crippen MR) is 105 cm³/mol. The van der Waals surface area contributed by atoms with E-state index in [4.69, 9.17) is 27.5 Å². The van der Waals surface area contributed by atoms with Gasteiger partial charge < -0.3 is 20.1 Å². The molecule has 1 aromatic carbocycles. The van der Waals surface area contributed by atoms with Crippen molar-refractivity contribution >= 4 is 23.6 Å². The molecule has 1 aromatic rings. The lowest BCUT2D eigenvalue weighted by Gasteiger charge is -2.26. The second-order valence-corrected chi connectivity index (χ2v) is 7.09. The van der Waals surface area contributed by atoms with Crippen molar-refractivity contribution in [3.63, 3.8) is 0 Å². The van der Waals surface area contributed by atoms with E-state index in [9.17, 15) is 9.59 Å². The molecular weight excluding hydrogens is 368 g/mol. The molecule has 0 aliphatic heterocycles. The molecule has 7 heteroatoms. The molecule has 0 heterocycles. The molecule has 6 nitrogen and oxygen atoms in total. The summed E-state index contributed by atoms with van der Waals surface area (Å²) in [4.78, 5) is 24.7. The van der Waals surface area contributed by atoms with Crippen molar-refractivity contribution in [3.05, 3.63) is 34.9 Å². The lowest BCUT2D eigenvalue weighted by molar-refractivity contribution is -0.125. The van der Waals surface area contributed by atoms with Gasteiger partial charge in [0.15, 0.2) is 0 Å². The second kappa shape index (κ2) is 11.5. The first kappa shape index (κ1) is 22.8. The molecule has 2 amide bonds. The van der Waals surface area contributed by atoms with Gasteiger partial charge in [-0.05, 0) is 37.5 Å². The van der Waals surface area contributed by atoms with E-state index in [1.54, 1.807) is 38.1 Å². The number of nitrogens with one attached hydrogen (secondary N) is 2. The Bertz CT molecular complexity index is 653. The molecule has 0 aliphatic rings. The standard InChI is InChI=1S/C20H27ClN2O4/c1-6-11-26-12-17(15-7-9-16(21)10-8-15)22-19(24)18(13(2)3)23-20(25)27-14(4)5/h1,7-10,13-14,17-18H,11-12H2,2-5H3,(H,22,24)(H,23,25). The Labute approximate surface area is 165 Å². The molecule has 0 bridgehead atoms. The van der Waals surface area contributed by atoms with Crippen LogP contribution in [0, 0.1) is 18.3 Å². The number of terminal acetylenes is 1. The largest absolute Gasteiger partial charge is 0.447 e. The summed E-state index contributed by atoms with van der Waals surface area (Å²) >= 11 is 5.93. The summed E-state index contributed by atoms with van der Waals surface area (Å²) in [5.74, 6) is 1.92. The summed E-state index contributed by atoms with van der Waals surface area (Å²) in [5, 5.41) is 6.11.